The number of urea groups is 1. The van der Waals surface area contributed by atoms with E-state index in [9.17, 15) is 22.8 Å². The van der Waals surface area contributed by atoms with Gasteiger partial charge in [-0.25, -0.2) is 33.3 Å². The summed E-state index contributed by atoms with van der Waals surface area (Å²) in [7, 11) is -3.30. The number of nitrogens with one attached hydrogen (secondary N) is 1. The van der Waals surface area contributed by atoms with E-state index in [-0.39, 0.29) is 23.8 Å². The van der Waals surface area contributed by atoms with Crippen molar-refractivity contribution < 1.29 is 27.5 Å². The molecule has 10 heteroatoms. The fourth-order valence-electron chi connectivity index (χ4n) is 2.52. The Kier molecular flexibility index (Phi) is 6.19. The van der Waals surface area contributed by atoms with Gasteiger partial charge in [0.2, 0.25) is 5.91 Å². The molecular formula is C16H21N3O6S. The van der Waals surface area contributed by atoms with Crippen LogP contribution in [0.5, 0.6) is 0 Å². The molecule has 0 bridgehead atoms. The number of rotatable bonds is 4. The predicted octanol–water partition coefficient (Wildman–Crippen LogP) is 0.948. The van der Waals surface area contributed by atoms with Gasteiger partial charge in [0.05, 0.1) is 17.9 Å². The lowest BCUT2D eigenvalue weighted by molar-refractivity contribution is -0.139. The molecule has 0 aliphatic carbocycles. The van der Waals surface area contributed by atoms with Gasteiger partial charge in [-0.05, 0) is 31.0 Å². The summed E-state index contributed by atoms with van der Waals surface area (Å²) in [6, 6.07) is 5.28. The van der Waals surface area contributed by atoms with Gasteiger partial charge in [-0.3, -0.25) is 4.79 Å². The molecule has 0 atom stereocenters. The highest BCUT2D eigenvalue weighted by Gasteiger charge is 2.31. The van der Waals surface area contributed by atoms with Crippen molar-refractivity contribution in [1.29, 1.82) is 0 Å². The third-order valence-corrected chi connectivity index (χ3v) is 4.87. The van der Waals surface area contributed by atoms with Crippen molar-refractivity contribution in [1.82, 2.24) is 15.3 Å². The number of hydrazine groups is 1. The van der Waals surface area contributed by atoms with Crippen LogP contribution in [0.15, 0.2) is 29.2 Å². The van der Waals surface area contributed by atoms with E-state index in [1.807, 2.05) is 0 Å². The minimum atomic E-state index is -3.30. The molecule has 0 unspecified atom stereocenters. The third kappa shape index (κ3) is 4.94. The zero-order valence-corrected chi connectivity index (χ0v) is 15.4. The number of sulfone groups is 1. The van der Waals surface area contributed by atoms with Gasteiger partial charge in [-0.1, -0.05) is 12.1 Å². The van der Waals surface area contributed by atoms with Gasteiger partial charge in [0.25, 0.3) is 0 Å². The monoisotopic (exact) mass is 383 g/mol. The molecule has 1 N–H and O–H groups in total. The average molecular weight is 383 g/mol. The summed E-state index contributed by atoms with van der Waals surface area (Å²) in [6.45, 7) is 2.41. The fraction of sp³-hybridized carbons (Fsp3) is 0.438. The predicted molar refractivity (Wildman–Crippen MR) is 91.8 cm³/mol. The summed E-state index contributed by atoms with van der Waals surface area (Å²) >= 11 is 0. The molecule has 2 rings (SSSR count). The van der Waals surface area contributed by atoms with Crippen LogP contribution in [-0.4, -0.2) is 62.4 Å². The van der Waals surface area contributed by atoms with Gasteiger partial charge in [-0.2, -0.15) is 0 Å². The number of ether oxygens (including phenoxy) is 1. The normalized spacial score (nSPS) is 14.2. The molecule has 0 saturated carbocycles. The molecule has 1 heterocycles. The zero-order valence-electron chi connectivity index (χ0n) is 14.6. The lowest BCUT2D eigenvalue weighted by Crippen LogP contribution is -2.51. The molecule has 4 amide bonds. The highest BCUT2D eigenvalue weighted by molar-refractivity contribution is 7.90. The lowest BCUT2D eigenvalue weighted by Gasteiger charge is -2.27. The quantitative estimate of drug-likeness (QED) is 0.828. The summed E-state index contributed by atoms with van der Waals surface area (Å²) in [6.07, 6.45) is 0.841. The molecule has 0 spiro atoms. The Hall–Kier alpha value is -2.62. The Morgan fingerprint density at radius 2 is 1.73 bits per heavy atom. The van der Waals surface area contributed by atoms with Crippen molar-refractivity contribution in [3.05, 3.63) is 29.8 Å². The molecule has 1 fully saturated rings. The maximum Gasteiger partial charge on any atom is 0.415 e. The van der Waals surface area contributed by atoms with Crippen LogP contribution in [0.3, 0.4) is 0 Å². The van der Waals surface area contributed by atoms with Crippen molar-refractivity contribution in [2.75, 3.05) is 26.0 Å². The molecule has 1 saturated heterocycles. The van der Waals surface area contributed by atoms with Gasteiger partial charge in [-0.15, -0.1) is 0 Å². The van der Waals surface area contributed by atoms with E-state index >= 15 is 0 Å². The maximum absolute atomic E-state index is 12.5. The van der Waals surface area contributed by atoms with Gasteiger partial charge in [0, 0.05) is 19.3 Å². The van der Waals surface area contributed by atoms with Gasteiger partial charge in [0.1, 0.15) is 0 Å². The molecule has 1 aliphatic rings. The van der Waals surface area contributed by atoms with Crippen LogP contribution >= 0.6 is 0 Å². The zero-order chi connectivity index (χ0) is 19.3. The van der Waals surface area contributed by atoms with Crippen LogP contribution in [0.4, 0.5) is 9.59 Å². The molecule has 0 aromatic heterocycles. The second-order valence-corrected chi connectivity index (χ2v) is 7.75. The first-order valence-electron chi connectivity index (χ1n) is 8.07. The van der Waals surface area contributed by atoms with E-state index in [1.165, 1.54) is 22.2 Å². The standard InChI is InChI=1S/C16H21N3O6S/c1-3-25-16(22)17-15(21)19-10-4-9-18(19)14(20)11-12-5-7-13(8-6-12)26(2,23)24/h5-8H,3-4,9-11H2,1-2H3,(H,17,21,22). The topological polar surface area (TPSA) is 113 Å². The number of hydrogen-bond acceptors (Lipinski definition) is 6. The largest absolute Gasteiger partial charge is 0.450 e. The number of carbonyl (C=O) groups is 3. The Morgan fingerprint density at radius 3 is 2.31 bits per heavy atom. The number of imide groups is 1. The van der Waals surface area contributed by atoms with Crippen LogP contribution in [0, 0.1) is 0 Å². The summed E-state index contributed by atoms with van der Waals surface area (Å²) in [5.41, 5.74) is 0.625. The van der Waals surface area contributed by atoms with E-state index < -0.39 is 22.0 Å². The van der Waals surface area contributed by atoms with Crippen LogP contribution in [0.25, 0.3) is 0 Å². The second kappa shape index (κ2) is 8.17. The number of benzene rings is 1. The van der Waals surface area contributed by atoms with E-state index in [0.717, 1.165) is 6.26 Å². The molecule has 9 nitrogen and oxygen atoms in total. The fourth-order valence-corrected chi connectivity index (χ4v) is 3.15. The van der Waals surface area contributed by atoms with Crippen LogP contribution in [0.2, 0.25) is 0 Å². The Morgan fingerprint density at radius 1 is 1.12 bits per heavy atom. The first-order chi connectivity index (χ1) is 12.2. The third-order valence-electron chi connectivity index (χ3n) is 3.74. The van der Waals surface area contributed by atoms with E-state index in [1.54, 1.807) is 19.1 Å². The first kappa shape index (κ1) is 19.7. The lowest BCUT2D eigenvalue weighted by atomic mass is 10.1. The molecule has 1 aliphatic heterocycles. The number of hydrogen-bond donors (Lipinski definition) is 1. The highest BCUT2D eigenvalue weighted by atomic mass is 32.2. The minimum Gasteiger partial charge on any atom is -0.450 e. The molecule has 142 valence electrons. The summed E-state index contributed by atoms with van der Waals surface area (Å²) in [4.78, 5) is 36.1. The second-order valence-electron chi connectivity index (χ2n) is 5.74. The Balaban J connectivity index is 2.01. The van der Waals surface area contributed by atoms with E-state index in [4.69, 9.17) is 0 Å². The highest BCUT2D eigenvalue weighted by Crippen LogP contribution is 2.15. The van der Waals surface area contributed by atoms with Crippen LogP contribution in [-0.2, 0) is 25.8 Å². The van der Waals surface area contributed by atoms with Crippen molar-refractivity contribution in [2.24, 2.45) is 0 Å². The maximum atomic E-state index is 12.5. The van der Waals surface area contributed by atoms with Crippen molar-refractivity contribution in [3.63, 3.8) is 0 Å². The molecule has 1 aromatic carbocycles. The number of nitrogens with zero attached hydrogens (tertiary/aromatic N) is 2. The van der Waals surface area contributed by atoms with Crippen LogP contribution < -0.4 is 5.32 Å². The van der Waals surface area contributed by atoms with Gasteiger partial charge >= 0.3 is 12.1 Å². The SMILES string of the molecule is CCOC(=O)NC(=O)N1CCCN1C(=O)Cc1ccc(S(C)(=O)=O)cc1. The van der Waals surface area contributed by atoms with Crippen LogP contribution in [0.1, 0.15) is 18.9 Å². The molecular weight excluding hydrogens is 362 g/mol. The van der Waals surface area contributed by atoms with Crippen molar-refractivity contribution in [3.8, 4) is 0 Å². The number of carbonyl (C=O) groups excluding carboxylic acids is 3. The average Bonchev–Trinajstić information content (AvgIpc) is 3.04. The Labute approximate surface area is 151 Å². The first-order valence-corrected chi connectivity index (χ1v) is 9.96. The summed E-state index contributed by atoms with van der Waals surface area (Å²) in [5.74, 6) is -0.325. The smallest absolute Gasteiger partial charge is 0.415 e. The van der Waals surface area contributed by atoms with Crippen molar-refractivity contribution >= 4 is 27.9 Å². The van der Waals surface area contributed by atoms with Gasteiger partial charge in [0.15, 0.2) is 9.84 Å². The Bertz CT molecular complexity index is 791. The molecule has 0 radical (unpaired) electrons. The number of alkyl carbamates (subject to hydrolysis) is 1. The van der Waals surface area contributed by atoms with Gasteiger partial charge < -0.3 is 4.74 Å². The number of amides is 4. The van der Waals surface area contributed by atoms with Crippen molar-refractivity contribution in [2.45, 2.75) is 24.7 Å². The minimum absolute atomic E-state index is 0.00717. The molecule has 1 aromatic rings. The van der Waals surface area contributed by atoms with E-state index in [2.05, 4.69) is 10.1 Å². The van der Waals surface area contributed by atoms with E-state index in [0.29, 0.717) is 25.1 Å². The summed E-state index contributed by atoms with van der Waals surface area (Å²) in [5, 5.41) is 4.51. The molecule has 26 heavy (non-hydrogen) atoms. The summed E-state index contributed by atoms with van der Waals surface area (Å²) < 4.78 is 27.6.